The third kappa shape index (κ3) is 1.88. The lowest BCUT2D eigenvalue weighted by molar-refractivity contribution is 0.144. The van der Waals surface area contributed by atoms with Crippen LogP contribution in [-0.2, 0) is 6.67 Å². The van der Waals surface area contributed by atoms with E-state index in [2.05, 4.69) is 4.98 Å². The van der Waals surface area contributed by atoms with Crippen molar-refractivity contribution in [3.8, 4) is 0 Å². The second-order valence-electron chi connectivity index (χ2n) is 2.11. The lowest BCUT2D eigenvalue weighted by Gasteiger charge is -2.03. The third-order valence-electron chi connectivity index (χ3n) is 1.33. The molecule has 5 heteroatoms. The summed E-state index contributed by atoms with van der Waals surface area (Å²) in [6.07, 6.45) is -2.78. The Bertz CT molecular complexity index is 277. The Morgan fingerprint density at radius 2 is 2.08 bits per heavy atom. The average Bonchev–Trinajstić information content (AvgIpc) is 2.04. The third-order valence-corrected chi connectivity index (χ3v) is 1.54. The highest BCUT2D eigenvalue weighted by atomic mass is 35.5. The molecule has 0 spiro atoms. The fraction of sp³-hybridized carbons (Fsp3) is 0.286. The number of pyridine rings is 1. The van der Waals surface area contributed by atoms with Crippen LogP contribution in [0.25, 0.3) is 0 Å². The molecule has 0 N–H and O–H groups in total. The van der Waals surface area contributed by atoms with E-state index in [4.69, 9.17) is 11.6 Å². The fourth-order valence-electron chi connectivity index (χ4n) is 0.781. The summed E-state index contributed by atoms with van der Waals surface area (Å²) in [5.74, 6) is 0. The molecule has 66 valence electrons. The van der Waals surface area contributed by atoms with E-state index in [0.717, 1.165) is 0 Å². The van der Waals surface area contributed by atoms with E-state index < -0.39 is 18.8 Å². The molecule has 0 fully saturated rings. The monoisotopic (exact) mass is 195 g/mol. The van der Waals surface area contributed by atoms with Gasteiger partial charge in [0.15, 0.2) is 0 Å². The molecule has 0 aliphatic heterocycles. The molecule has 0 saturated carbocycles. The first kappa shape index (κ1) is 9.32. The minimum absolute atomic E-state index is 0.0532. The predicted molar refractivity (Wildman–Crippen MR) is 39.0 cm³/mol. The smallest absolute Gasteiger partial charge is 0.246 e. The SMILES string of the molecule is FCc1ccc(Cl)nc1C(F)F. The van der Waals surface area contributed by atoms with Crippen molar-refractivity contribution in [3.05, 3.63) is 28.5 Å². The van der Waals surface area contributed by atoms with Crippen molar-refractivity contribution in [2.24, 2.45) is 0 Å². The molecule has 0 bridgehead atoms. The highest BCUT2D eigenvalue weighted by Crippen LogP contribution is 2.23. The Hall–Kier alpha value is -0.770. The number of alkyl halides is 3. The van der Waals surface area contributed by atoms with Gasteiger partial charge in [0.1, 0.15) is 17.5 Å². The van der Waals surface area contributed by atoms with Crippen molar-refractivity contribution in [2.75, 3.05) is 0 Å². The van der Waals surface area contributed by atoms with Gasteiger partial charge in [0.25, 0.3) is 6.43 Å². The topological polar surface area (TPSA) is 12.9 Å². The Balaban J connectivity index is 3.12. The van der Waals surface area contributed by atoms with Crippen molar-refractivity contribution in [2.45, 2.75) is 13.1 Å². The van der Waals surface area contributed by atoms with Gasteiger partial charge in [-0.1, -0.05) is 17.7 Å². The normalized spacial score (nSPS) is 10.8. The van der Waals surface area contributed by atoms with E-state index in [9.17, 15) is 13.2 Å². The van der Waals surface area contributed by atoms with Crippen LogP contribution in [0.15, 0.2) is 12.1 Å². The summed E-state index contributed by atoms with van der Waals surface area (Å²) < 4.78 is 36.3. The van der Waals surface area contributed by atoms with E-state index >= 15 is 0 Å². The van der Waals surface area contributed by atoms with Crippen molar-refractivity contribution < 1.29 is 13.2 Å². The van der Waals surface area contributed by atoms with E-state index in [1.807, 2.05) is 0 Å². The molecule has 0 radical (unpaired) electrons. The van der Waals surface area contributed by atoms with Crippen molar-refractivity contribution in [1.82, 2.24) is 4.98 Å². The van der Waals surface area contributed by atoms with E-state index in [0.29, 0.717) is 0 Å². The first-order valence-electron chi connectivity index (χ1n) is 3.14. The Morgan fingerprint density at radius 3 is 2.58 bits per heavy atom. The number of rotatable bonds is 2. The Kier molecular flexibility index (Phi) is 2.92. The second-order valence-corrected chi connectivity index (χ2v) is 2.50. The number of halogens is 4. The molecule has 0 atom stereocenters. The summed E-state index contributed by atoms with van der Waals surface area (Å²) in [6.45, 7) is -0.955. The summed E-state index contributed by atoms with van der Waals surface area (Å²) in [7, 11) is 0. The average molecular weight is 196 g/mol. The van der Waals surface area contributed by atoms with Gasteiger partial charge in [-0.3, -0.25) is 0 Å². The van der Waals surface area contributed by atoms with Crippen LogP contribution in [-0.4, -0.2) is 4.98 Å². The van der Waals surface area contributed by atoms with Crippen LogP contribution in [0, 0.1) is 0 Å². The zero-order valence-electron chi connectivity index (χ0n) is 5.90. The predicted octanol–water partition coefficient (Wildman–Crippen LogP) is 3.14. The number of hydrogen-bond acceptors (Lipinski definition) is 1. The molecule has 0 aliphatic rings. The maximum Gasteiger partial charge on any atom is 0.280 e. The van der Waals surface area contributed by atoms with Gasteiger partial charge >= 0.3 is 0 Å². The standard InChI is InChI=1S/C7H5ClF3N/c8-5-2-1-4(3-9)6(12-5)7(10)11/h1-2,7H,3H2. The van der Waals surface area contributed by atoms with Gasteiger partial charge in [-0.2, -0.15) is 0 Å². The maximum atomic E-state index is 12.1. The van der Waals surface area contributed by atoms with Gasteiger partial charge in [-0.25, -0.2) is 18.2 Å². The molecule has 0 aromatic carbocycles. The Labute approximate surface area is 72.2 Å². The first-order chi connectivity index (χ1) is 5.65. The molecule has 1 aromatic heterocycles. The summed E-state index contributed by atoms with van der Waals surface area (Å²) in [4.78, 5) is 3.32. The van der Waals surface area contributed by atoms with Gasteiger partial charge in [0.2, 0.25) is 0 Å². The second kappa shape index (κ2) is 3.76. The molecular weight excluding hydrogens is 191 g/mol. The van der Waals surface area contributed by atoms with Gasteiger partial charge in [-0.15, -0.1) is 0 Å². The van der Waals surface area contributed by atoms with Crippen LogP contribution in [0.4, 0.5) is 13.2 Å². The summed E-state index contributed by atoms with van der Waals surface area (Å²) in [5.41, 5.74) is -0.695. The zero-order valence-corrected chi connectivity index (χ0v) is 6.65. The first-order valence-corrected chi connectivity index (χ1v) is 3.52. The molecule has 1 heterocycles. The van der Waals surface area contributed by atoms with Gasteiger partial charge in [0, 0.05) is 5.56 Å². The highest BCUT2D eigenvalue weighted by molar-refractivity contribution is 6.29. The Morgan fingerprint density at radius 1 is 1.42 bits per heavy atom. The lowest BCUT2D eigenvalue weighted by atomic mass is 10.2. The minimum atomic E-state index is -2.78. The van der Waals surface area contributed by atoms with Crippen molar-refractivity contribution in [1.29, 1.82) is 0 Å². The molecule has 12 heavy (non-hydrogen) atoms. The fourth-order valence-corrected chi connectivity index (χ4v) is 0.935. The van der Waals surface area contributed by atoms with Crippen LogP contribution in [0.3, 0.4) is 0 Å². The molecule has 1 rings (SSSR count). The van der Waals surface area contributed by atoms with Crippen LogP contribution in [0.1, 0.15) is 17.7 Å². The molecule has 0 saturated heterocycles. The molecule has 0 aliphatic carbocycles. The van der Waals surface area contributed by atoms with Crippen LogP contribution in [0.2, 0.25) is 5.15 Å². The largest absolute Gasteiger partial charge is 0.280 e. The summed E-state index contributed by atoms with van der Waals surface area (Å²) >= 11 is 5.35. The molecule has 0 amide bonds. The number of aromatic nitrogens is 1. The van der Waals surface area contributed by atoms with Crippen LogP contribution < -0.4 is 0 Å². The zero-order chi connectivity index (χ0) is 9.14. The summed E-state index contributed by atoms with van der Waals surface area (Å²) in [5, 5.41) is -0.0532. The molecule has 0 unspecified atom stereocenters. The number of hydrogen-bond donors (Lipinski definition) is 0. The van der Waals surface area contributed by atoms with Gasteiger partial charge in [-0.05, 0) is 6.07 Å². The van der Waals surface area contributed by atoms with E-state index in [-0.39, 0.29) is 10.7 Å². The van der Waals surface area contributed by atoms with Gasteiger partial charge in [0.05, 0.1) is 0 Å². The van der Waals surface area contributed by atoms with E-state index in [1.54, 1.807) is 0 Å². The van der Waals surface area contributed by atoms with Crippen LogP contribution >= 0.6 is 11.6 Å². The lowest BCUT2D eigenvalue weighted by Crippen LogP contribution is -1.96. The molecule has 1 nitrogen and oxygen atoms in total. The minimum Gasteiger partial charge on any atom is -0.246 e. The van der Waals surface area contributed by atoms with Gasteiger partial charge < -0.3 is 0 Å². The molecular formula is C7H5ClF3N. The number of nitrogens with zero attached hydrogens (tertiary/aromatic N) is 1. The molecule has 1 aromatic rings. The quantitative estimate of drug-likeness (QED) is 0.661. The summed E-state index contributed by atoms with van der Waals surface area (Å²) in [6, 6.07) is 2.49. The van der Waals surface area contributed by atoms with E-state index in [1.165, 1.54) is 12.1 Å². The maximum absolute atomic E-state index is 12.1. The van der Waals surface area contributed by atoms with Crippen LogP contribution in [0.5, 0.6) is 0 Å². The van der Waals surface area contributed by atoms with Crippen molar-refractivity contribution >= 4 is 11.6 Å². The van der Waals surface area contributed by atoms with Crippen molar-refractivity contribution in [3.63, 3.8) is 0 Å². The highest BCUT2D eigenvalue weighted by Gasteiger charge is 2.14.